The Morgan fingerprint density at radius 2 is 1.87 bits per heavy atom. The topological polar surface area (TPSA) is 18.5 Å². The quantitative estimate of drug-likeness (QED) is 0.665. The van der Waals surface area contributed by atoms with Crippen LogP contribution in [0.3, 0.4) is 0 Å². The summed E-state index contributed by atoms with van der Waals surface area (Å²) in [6.45, 7) is 2.20. The highest BCUT2D eigenvalue weighted by Gasteiger charge is 2.03. The number of hydrogen-bond donors (Lipinski definition) is 0. The van der Waals surface area contributed by atoms with Gasteiger partial charge in [0, 0.05) is 0 Å². The molecule has 83 valence electrons. The van der Waals surface area contributed by atoms with E-state index in [1.165, 1.54) is 18.4 Å². The van der Waals surface area contributed by atoms with Crippen molar-refractivity contribution in [1.82, 2.24) is 0 Å². The Hall–Kier alpha value is -1.18. The first-order chi connectivity index (χ1) is 7.31. The van der Waals surface area contributed by atoms with Crippen molar-refractivity contribution in [3.63, 3.8) is 0 Å². The molecule has 0 aliphatic carbocycles. The lowest BCUT2D eigenvalue weighted by molar-refractivity contribution is 0.354. The van der Waals surface area contributed by atoms with E-state index in [9.17, 15) is 0 Å². The van der Waals surface area contributed by atoms with Crippen molar-refractivity contribution >= 4 is 0 Å². The maximum atomic E-state index is 5.24. The van der Waals surface area contributed by atoms with Crippen LogP contribution < -0.4 is 9.47 Å². The Morgan fingerprint density at radius 1 is 1.13 bits per heavy atom. The fourth-order valence-electron chi connectivity index (χ4n) is 1.45. The van der Waals surface area contributed by atoms with E-state index in [0.717, 1.165) is 17.9 Å². The average Bonchev–Trinajstić information content (AvgIpc) is 2.29. The van der Waals surface area contributed by atoms with Gasteiger partial charge < -0.3 is 9.47 Å². The van der Waals surface area contributed by atoms with Crippen molar-refractivity contribution in [2.24, 2.45) is 0 Å². The molecule has 1 aromatic rings. The van der Waals surface area contributed by atoms with Crippen LogP contribution in [0, 0.1) is 6.42 Å². The summed E-state index contributed by atoms with van der Waals surface area (Å²) >= 11 is 0. The maximum absolute atomic E-state index is 5.24. The van der Waals surface area contributed by atoms with Gasteiger partial charge in [-0.05, 0) is 30.5 Å². The maximum Gasteiger partial charge on any atom is 0.160 e. The summed E-state index contributed by atoms with van der Waals surface area (Å²) in [4.78, 5) is 0. The third-order valence-electron chi connectivity index (χ3n) is 2.35. The van der Waals surface area contributed by atoms with E-state index < -0.39 is 0 Å². The predicted octanol–water partition coefficient (Wildman–Crippen LogP) is 3.45. The first-order valence-corrected chi connectivity index (χ1v) is 5.37. The number of unbranched alkanes of at least 4 members (excludes halogenated alkanes) is 2. The van der Waals surface area contributed by atoms with Crippen LogP contribution in [0.1, 0.15) is 31.7 Å². The lowest BCUT2D eigenvalue weighted by Crippen LogP contribution is -1.92. The summed E-state index contributed by atoms with van der Waals surface area (Å²) in [6, 6.07) is 6.00. The minimum Gasteiger partial charge on any atom is -0.493 e. The first-order valence-electron chi connectivity index (χ1n) is 5.37. The summed E-state index contributed by atoms with van der Waals surface area (Å²) in [7, 11) is 3.31. The van der Waals surface area contributed by atoms with Gasteiger partial charge in [-0.15, -0.1) is 0 Å². The van der Waals surface area contributed by atoms with Crippen molar-refractivity contribution < 1.29 is 9.47 Å². The fraction of sp³-hybridized carbons (Fsp3) is 0.462. The van der Waals surface area contributed by atoms with Crippen LogP contribution >= 0.6 is 0 Å². The second-order valence-corrected chi connectivity index (χ2v) is 3.46. The SMILES string of the molecule is CCCC[CH]c1ccc(OC)c(OC)c1. The molecule has 1 radical (unpaired) electrons. The summed E-state index contributed by atoms with van der Waals surface area (Å²) in [5, 5.41) is 0. The van der Waals surface area contributed by atoms with Gasteiger partial charge in [0.15, 0.2) is 11.5 Å². The van der Waals surface area contributed by atoms with Crippen LogP contribution in [0.25, 0.3) is 0 Å². The highest BCUT2D eigenvalue weighted by Crippen LogP contribution is 2.28. The molecule has 0 aliphatic heterocycles. The van der Waals surface area contributed by atoms with Gasteiger partial charge >= 0.3 is 0 Å². The van der Waals surface area contributed by atoms with Crippen molar-refractivity contribution in [2.45, 2.75) is 26.2 Å². The van der Waals surface area contributed by atoms with E-state index in [1.807, 2.05) is 12.1 Å². The van der Waals surface area contributed by atoms with E-state index in [1.54, 1.807) is 14.2 Å². The van der Waals surface area contributed by atoms with Gasteiger partial charge in [0.25, 0.3) is 0 Å². The molecule has 0 amide bonds. The Morgan fingerprint density at radius 3 is 2.47 bits per heavy atom. The minimum absolute atomic E-state index is 0.783. The zero-order chi connectivity index (χ0) is 11.1. The van der Waals surface area contributed by atoms with Crippen LogP contribution in [0.2, 0.25) is 0 Å². The predicted molar refractivity (Wildman–Crippen MR) is 62.5 cm³/mol. The highest BCUT2D eigenvalue weighted by molar-refractivity contribution is 5.44. The fourth-order valence-corrected chi connectivity index (χ4v) is 1.45. The van der Waals surface area contributed by atoms with E-state index in [4.69, 9.17) is 9.47 Å². The molecule has 0 unspecified atom stereocenters. The number of benzene rings is 1. The van der Waals surface area contributed by atoms with Crippen molar-refractivity contribution in [2.75, 3.05) is 14.2 Å². The summed E-state index contributed by atoms with van der Waals surface area (Å²) in [5.74, 6) is 1.58. The standard InChI is InChI=1S/C13H19O2/c1-4-5-6-7-11-8-9-12(14-2)13(10-11)15-3/h7-10H,4-6H2,1-3H3. The van der Waals surface area contributed by atoms with Crippen molar-refractivity contribution in [3.8, 4) is 11.5 Å². The van der Waals surface area contributed by atoms with Gasteiger partial charge in [-0.25, -0.2) is 0 Å². The Bertz CT molecular complexity index is 295. The van der Waals surface area contributed by atoms with Crippen LogP contribution in [0.15, 0.2) is 18.2 Å². The number of methoxy groups -OCH3 is 2. The number of ether oxygens (including phenoxy) is 2. The molecular weight excluding hydrogens is 188 g/mol. The summed E-state index contributed by atoms with van der Waals surface area (Å²) in [5.41, 5.74) is 1.20. The third kappa shape index (κ3) is 3.46. The molecule has 0 aromatic heterocycles. The van der Waals surface area contributed by atoms with Gasteiger partial charge in [-0.2, -0.15) is 0 Å². The number of rotatable bonds is 6. The first kappa shape index (κ1) is 11.9. The van der Waals surface area contributed by atoms with Gasteiger partial charge in [-0.1, -0.05) is 25.8 Å². The highest BCUT2D eigenvalue weighted by atomic mass is 16.5. The second-order valence-electron chi connectivity index (χ2n) is 3.46. The minimum atomic E-state index is 0.783. The molecule has 0 atom stereocenters. The average molecular weight is 207 g/mol. The number of hydrogen-bond acceptors (Lipinski definition) is 2. The Balaban J connectivity index is 2.66. The van der Waals surface area contributed by atoms with E-state index >= 15 is 0 Å². The molecular formula is C13H19O2. The van der Waals surface area contributed by atoms with Crippen molar-refractivity contribution in [3.05, 3.63) is 30.2 Å². The monoisotopic (exact) mass is 207 g/mol. The Kier molecular flexibility index (Phi) is 5.02. The molecule has 0 saturated heterocycles. The third-order valence-corrected chi connectivity index (χ3v) is 2.35. The molecule has 2 nitrogen and oxygen atoms in total. The molecule has 0 aliphatic rings. The zero-order valence-electron chi connectivity index (χ0n) is 9.75. The molecule has 2 heteroatoms. The van der Waals surface area contributed by atoms with Gasteiger partial charge in [0.2, 0.25) is 0 Å². The van der Waals surface area contributed by atoms with Gasteiger partial charge in [-0.3, -0.25) is 0 Å². The van der Waals surface area contributed by atoms with E-state index in [2.05, 4.69) is 19.4 Å². The largest absolute Gasteiger partial charge is 0.493 e. The molecule has 0 heterocycles. The summed E-state index contributed by atoms with van der Waals surface area (Å²) < 4.78 is 10.4. The van der Waals surface area contributed by atoms with Crippen LogP contribution in [0.5, 0.6) is 11.5 Å². The van der Waals surface area contributed by atoms with E-state index in [-0.39, 0.29) is 0 Å². The van der Waals surface area contributed by atoms with Gasteiger partial charge in [0.1, 0.15) is 0 Å². The Labute approximate surface area is 92.2 Å². The van der Waals surface area contributed by atoms with Crippen molar-refractivity contribution in [1.29, 1.82) is 0 Å². The second kappa shape index (κ2) is 6.33. The van der Waals surface area contributed by atoms with Gasteiger partial charge in [0.05, 0.1) is 14.2 Å². The lowest BCUT2D eigenvalue weighted by Gasteiger charge is -2.09. The smallest absolute Gasteiger partial charge is 0.160 e. The molecule has 0 N–H and O–H groups in total. The zero-order valence-corrected chi connectivity index (χ0v) is 9.75. The summed E-state index contributed by atoms with van der Waals surface area (Å²) in [6.07, 6.45) is 5.80. The normalized spacial score (nSPS) is 10.1. The molecule has 1 rings (SSSR count). The van der Waals surface area contributed by atoms with Crippen LogP contribution in [-0.4, -0.2) is 14.2 Å². The molecule has 0 fully saturated rings. The van der Waals surface area contributed by atoms with E-state index in [0.29, 0.717) is 0 Å². The molecule has 15 heavy (non-hydrogen) atoms. The molecule has 0 bridgehead atoms. The molecule has 1 aromatic carbocycles. The van der Waals surface area contributed by atoms with Crippen LogP contribution in [-0.2, 0) is 0 Å². The lowest BCUT2D eigenvalue weighted by atomic mass is 10.1. The van der Waals surface area contributed by atoms with Crippen LogP contribution in [0.4, 0.5) is 0 Å². The molecule has 0 spiro atoms. The molecule has 0 saturated carbocycles.